The third-order valence-electron chi connectivity index (χ3n) is 12.2. The molecule has 318 valence electrons. The average Bonchev–Trinajstić information content (AvgIpc) is 3.70. The number of nitriles is 1. The summed E-state index contributed by atoms with van der Waals surface area (Å²) in [5.74, 6) is -0.425. The summed E-state index contributed by atoms with van der Waals surface area (Å²) in [6.45, 7) is 9.96. The fraction of sp³-hybridized carbons (Fsp3) is 0.477. The van der Waals surface area contributed by atoms with Gasteiger partial charge in [-0.2, -0.15) is 5.26 Å². The minimum Gasteiger partial charge on any atom is -0.504 e. The van der Waals surface area contributed by atoms with Gasteiger partial charge in [0.05, 0.1) is 25.3 Å². The highest BCUT2D eigenvalue weighted by Gasteiger charge is 2.57. The molecule has 4 heterocycles. The van der Waals surface area contributed by atoms with E-state index in [9.17, 15) is 29.5 Å². The zero-order chi connectivity index (χ0) is 43.2. The molecule has 1 unspecified atom stereocenters. The van der Waals surface area contributed by atoms with Crippen LogP contribution in [0.25, 0.3) is 0 Å². The van der Waals surface area contributed by atoms with E-state index in [-0.39, 0.29) is 37.7 Å². The third kappa shape index (κ3) is 7.52. The molecule has 60 heavy (non-hydrogen) atoms. The highest BCUT2D eigenvalue weighted by molar-refractivity contribution is 5.91. The minimum absolute atomic E-state index is 0.0222. The molecule has 2 bridgehead atoms. The van der Waals surface area contributed by atoms with Crippen LogP contribution in [0.5, 0.6) is 28.7 Å². The van der Waals surface area contributed by atoms with Gasteiger partial charge in [-0.3, -0.25) is 24.2 Å². The molecule has 3 aromatic carbocycles. The molecule has 16 heteroatoms. The first-order chi connectivity index (χ1) is 28.7. The molecule has 4 aliphatic rings. The molecule has 4 N–H and O–H groups in total. The second-order valence-electron chi connectivity index (χ2n) is 16.2. The van der Waals surface area contributed by atoms with Crippen molar-refractivity contribution in [1.82, 2.24) is 25.8 Å². The normalized spacial score (nSPS) is 22.2. The fourth-order valence-electron chi connectivity index (χ4n) is 9.46. The zero-order valence-electron chi connectivity index (χ0n) is 35.1. The van der Waals surface area contributed by atoms with Gasteiger partial charge in [0.25, 0.3) is 0 Å². The highest BCUT2D eigenvalue weighted by Crippen LogP contribution is 2.58. The summed E-state index contributed by atoms with van der Waals surface area (Å²) in [5.41, 5.74) is 5.02. The first kappa shape index (κ1) is 42.1. The number of amides is 3. The van der Waals surface area contributed by atoms with Crippen LogP contribution >= 0.6 is 0 Å². The number of phenolic OH excluding ortho intramolecular Hbond substituents is 1. The Morgan fingerprint density at radius 3 is 2.37 bits per heavy atom. The van der Waals surface area contributed by atoms with Crippen molar-refractivity contribution in [1.29, 1.82) is 5.26 Å². The number of piperazine rings is 1. The number of methoxy groups -OCH3 is 1. The molecule has 0 saturated carbocycles. The summed E-state index contributed by atoms with van der Waals surface area (Å²) in [4.78, 5) is 57.1. The summed E-state index contributed by atoms with van der Waals surface area (Å²) in [5, 5.41) is 31.2. The molecule has 3 aromatic rings. The standard InChI is InChI=1S/C44H52N6O10/c1-21(2)35(48-44(55)57-19-26-12-10-9-11-13-26)43(54)47-24(5)42(53)46-18-32-34-28(39(60-25(6)51)23(4)40-41(34)59-20-58-40)16-30-36-33-27(14-22(3)38(56-8)37(33)52)15-29(49(36)7)31(17-45)50(30)32/h9-14,21,24,29-32,35-36,52H,15-16,18-20H2,1-8H3,(H,46,53)(H,47,54)(H,48,55)/t24-,29+,30?,31-,32-,35-,36+/m0/s1. The van der Waals surface area contributed by atoms with Gasteiger partial charge < -0.3 is 44.7 Å². The van der Waals surface area contributed by atoms with Crippen LogP contribution in [0.15, 0.2) is 36.4 Å². The number of benzene rings is 3. The van der Waals surface area contributed by atoms with E-state index in [2.05, 4.69) is 31.8 Å². The first-order valence-electron chi connectivity index (χ1n) is 20.1. The number of esters is 1. The number of aryl methyl sites for hydroxylation is 1. The third-order valence-corrected chi connectivity index (χ3v) is 12.2. The average molecular weight is 825 g/mol. The van der Waals surface area contributed by atoms with Crippen molar-refractivity contribution < 1.29 is 48.0 Å². The lowest BCUT2D eigenvalue weighted by molar-refractivity contribution is -0.132. The Labute approximate surface area is 349 Å². The second kappa shape index (κ2) is 16.9. The molecule has 0 aliphatic carbocycles. The van der Waals surface area contributed by atoms with Crippen LogP contribution in [-0.4, -0.2) is 96.5 Å². The molecule has 7 atom stereocenters. The Morgan fingerprint density at radius 2 is 1.70 bits per heavy atom. The molecular weight excluding hydrogens is 773 g/mol. The monoisotopic (exact) mass is 824 g/mol. The van der Waals surface area contributed by atoms with E-state index in [0.717, 1.165) is 16.7 Å². The molecule has 4 aliphatic heterocycles. The maximum absolute atomic E-state index is 14.0. The largest absolute Gasteiger partial charge is 0.504 e. The number of carbonyl (C=O) groups excluding carboxylic acids is 4. The van der Waals surface area contributed by atoms with Gasteiger partial charge >= 0.3 is 12.1 Å². The second-order valence-corrected chi connectivity index (χ2v) is 16.2. The Kier molecular flexibility index (Phi) is 11.9. The predicted octanol–water partition coefficient (Wildman–Crippen LogP) is 4.01. The number of nitrogens with one attached hydrogen (secondary N) is 3. The van der Waals surface area contributed by atoms with Gasteiger partial charge in [-0.05, 0) is 63.3 Å². The Balaban J connectivity index is 1.21. The molecule has 16 nitrogen and oxygen atoms in total. The van der Waals surface area contributed by atoms with Gasteiger partial charge in [-0.15, -0.1) is 0 Å². The first-order valence-corrected chi connectivity index (χ1v) is 20.1. The maximum atomic E-state index is 14.0. The number of hydrogen-bond donors (Lipinski definition) is 4. The van der Waals surface area contributed by atoms with E-state index < -0.39 is 60.1 Å². The summed E-state index contributed by atoms with van der Waals surface area (Å²) < 4.78 is 29.0. The van der Waals surface area contributed by atoms with Gasteiger partial charge in [-0.25, -0.2) is 4.79 Å². The lowest BCUT2D eigenvalue weighted by Crippen LogP contribution is -2.69. The van der Waals surface area contributed by atoms with Crippen LogP contribution in [0.3, 0.4) is 0 Å². The fourth-order valence-corrected chi connectivity index (χ4v) is 9.46. The molecule has 0 radical (unpaired) electrons. The van der Waals surface area contributed by atoms with E-state index in [1.54, 1.807) is 27.7 Å². The highest BCUT2D eigenvalue weighted by atomic mass is 16.7. The van der Waals surface area contributed by atoms with Gasteiger partial charge in [0.1, 0.15) is 30.5 Å². The smallest absolute Gasteiger partial charge is 0.408 e. The number of fused-ring (bicyclic) bond motifs is 9. The van der Waals surface area contributed by atoms with Crippen molar-refractivity contribution in [2.75, 3.05) is 27.5 Å². The van der Waals surface area contributed by atoms with E-state index in [1.165, 1.54) is 14.0 Å². The summed E-state index contributed by atoms with van der Waals surface area (Å²) in [6, 6.07) is 9.04. The van der Waals surface area contributed by atoms with Gasteiger partial charge in [0.15, 0.2) is 23.0 Å². The van der Waals surface area contributed by atoms with Gasteiger partial charge in [-0.1, -0.05) is 50.2 Å². The van der Waals surface area contributed by atoms with Gasteiger partial charge in [0.2, 0.25) is 18.6 Å². The zero-order valence-corrected chi connectivity index (χ0v) is 35.1. The number of nitrogens with zero attached hydrogens (tertiary/aromatic N) is 3. The van der Waals surface area contributed by atoms with Crippen molar-refractivity contribution >= 4 is 23.9 Å². The van der Waals surface area contributed by atoms with Crippen LogP contribution < -0.4 is 34.9 Å². The lowest BCUT2D eigenvalue weighted by atomic mass is 9.71. The number of ether oxygens (including phenoxy) is 5. The molecule has 1 saturated heterocycles. The summed E-state index contributed by atoms with van der Waals surface area (Å²) >= 11 is 0. The summed E-state index contributed by atoms with van der Waals surface area (Å²) in [7, 11) is 3.46. The number of carbonyl (C=O) groups is 4. The molecular formula is C44H52N6O10. The van der Waals surface area contributed by atoms with E-state index in [1.807, 2.05) is 50.4 Å². The molecule has 1 fully saturated rings. The van der Waals surface area contributed by atoms with Crippen LogP contribution in [0.2, 0.25) is 0 Å². The van der Waals surface area contributed by atoms with E-state index >= 15 is 0 Å². The van der Waals surface area contributed by atoms with Crippen molar-refractivity contribution in [3.63, 3.8) is 0 Å². The van der Waals surface area contributed by atoms with Crippen LogP contribution in [0.1, 0.15) is 78.7 Å². The number of phenols is 1. The Morgan fingerprint density at radius 1 is 0.983 bits per heavy atom. The topological polar surface area (TPSA) is 201 Å². The molecule has 0 spiro atoms. The summed E-state index contributed by atoms with van der Waals surface area (Å²) in [6.07, 6.45) is -0.0173. The quantitative estimate of drug-likeness (QED) is 0.160. The number of likely N-dealkylation sites (N-methyl/N-ethyl adjacent to an activating group) is 1. The molecule has 7 rings (SSSR count). The van der Waals surface area contributed by atoms with Crippen molar-refractivity contribution in [2.24, 2.45) is 5.92 Å². The SMILES string of the molecule is COc1c(C)cc2c(c1O)[C@H]1C3Cc4c(OC(C)=O)c(C)c5c(c4[C@H](CNC(=O)[C@H](C)NC(=O)[C@@H](NC(=O)OCc4ccccc4)C(C)C)N3[C@@H](C#N)[C@@H](C2)N1C)OCO5. The minimum atomic E-state index is -1.04. The number of rotatable bonds is 11. The van der Waals surface area contributed by atoms with Crippen molar-refractivity contribution in [3.05, 3.63) is 75.3 Å². The van der Waals surface area contributed by atoms with Crippen LogP contribution in [-0.2, 0) is 38.6 Å². The Bertz CT molecular complexity index is 2240. The van der Waals surface area contributed by atoms with E-state index in [4.69, 9.17) is 23.7 Å². The Hall–Kier alpha value is -6.05. The van der Waals surface area contributed by atoms with Crippen LogP contribution in [0.4, 0.5) is 4.79 Å². The lowest BCUT2D eigenvalue weighted by Gasteiger charge is -2.60. The number of aromatic hydroxyl groups is 1. The van der Waals surface area contributed by atoms with Gasteiger partial charge in [0, 0.05) is 47.8 Å². The predicted molar refractivity (Wildman–Crippen MR) is 216 cm³/mol. The van der Waals surface area contributed by atoms with Crippen LogP contribution in [0, 0.1) is 31.1 Å². The molecule has 3 amide bonds. The van der Waals surface area contributed by atoms with Crippen molar-refractivity contribution in [3.8, 4) is 34.8 Å². The van der Waals surface area contributed by atoms with E-state index in [0.29, 0.717) is 58.1 Å². The maximum Gasteiger partial charge on any atom is 0.408 e. The van der Waals surface area contributed by atoms with Crippen molar-refractivity contribution in [2.45, 2.75) is 103 Å². The molecule has 0 aromatic heterocycles. The number of hydrogen-bond acceptors (Lipinski definition) is 13. The number of alkyl carbamates (subject to hydrolysis) is 1.